The third-order valence-corrected chi connectivity index (χ3v) is 2.49. The summed E-state index contributed by atoms with van der Waals surface area (Å²) in [4.78, 5) is 22.1. The molecule has 0 atom stereocenters. The van der Waals surface area contributed by atoms with Crippen molar-refractivity contribution in [2.24, 2.45) is 7.05 Å². The molecule has 2 N–H and O–H groups in total. The summed E-state index contributed by atoms with van der Waals surface area (Å²) in [6.07, 6.45) is 0. The summed E-state index contributed by atoms with van der Waals surface area (Å²) >= 11 is 0. The number of nitrogens with one attached hydrogen (secondary N) is 1. The van der Waals surface area contributed by atoms with E-state index in [9.17, 15) is 9.59 Å². The average molecular weight is 236 g/mol. The first-order chi connectivity index (χ1) is 8.11. The molecule has 1 heterocycles. The van der Waals surface area contributed by atoms with E-state index in [1.54, 1.807) is 25.2 Å². The highest BCUT2D eigenvalue weighted by Gasteiger charge is 2.06. The molecule has 17 heavy (non-hydrogen) atoms. The number of amides is 1. The summed E-state index contributed by atoms with van der Waals surface area (Å²) in [5, 5.41) is 11.1. The molecule has 0 fully saturated rings. The molecule has 1 amide bonds. The van der Waals surface area contributed by atoms with Crippen LogP contribution < -0.4 is 11.1 Å². The molecule has 90 valence electrons. The summed E-state index contributed by atoms with van der Waals surface area (Å²) in [6.45, 7) is -0.253. The maximum atomic E-state index is 11.3. The van der Waals surface area contributed by atoms with Crippen LogP contribution in [-0.4, -0.2) is 22.2 Å². The number of carbonyl (C=O) groups is 1. The predicted octanol–water partition coefficient (Wildman–Crippen LogP) is -0.260. The highest BCUT2D eigenvalue weighted by Crippen LogP contribution is 2.13. The summed E-state index contributed by atoms with van der Waals surface area (Å²) in [5.41, 5.74) is 1.98. The van der Waals surface area contributed by atoms with Gasteiger partial charge in [0.1, 0.15) is 6.61 Å². The van der Waals surface area contributed by atoms with Crippen LogP contribution in [0.5, 0.6) is 0 Å². The first kappa shape index (κ1) is 11.4. The Balaban J connectivity index is 2.26. The van der Waals surface area contributed by atoms with Gasteiger partial charge in [0.15, 0.2) is 5.58 Å². The first-order valence-corrected chi connectivity index (χ1v) is 5.08. The maximum absolute atomic E-state index is 11.3. The van der Waals surface area contributed by atoms with E-state index in [0.29, 0.717) is 11.1 Å². The number of nitrogens with zero attached hydrogens (tertiary/aromatic N) is 1. The van der Waals surface area contributed by atoms with E-state index < -0.39 is 18.3 Å². The minimum Gasteiger partial charge on any atom is -0.408 e. The summed E-state index contributed by atoms with van der Waals surface area (Å²) in [6, 6.07) is 5.23. The van der Waals surface area contributed by atoms with Gasteiger partial charge in [-0.3, -0.25) is 9.36 Å². The number of aryl methyl sites for hydroxylation is 1. The molecule has 0 spiro atoms. The quantitative estimate of drug-likeness (QED) is 0.769. The number of hydrogen-bond donors (Lipinski definition) is 2. The van der Waals surface area contributed by atoms with Crippen LogP contribution >= 0.6 is 0 Å². The molecule has 0 aliphatic heterocycles. The van der Waals surface area contributed by atoms with Crippen molar-refractivity contribution in [3.8, 4) is 0 Å². The smallest absolute Gasteiger partial charge is 0.408 e. The topological polar surface area (TPSA) is 84.5 Å². The lowest BCUT2D eigenvalue weighted by molar-refractivity contribution is -0.123. The van der Waals surface area contributed by atoms with E-state index in [2.05, 4.69) is 5.32 Å². The maximum Gasteiger partial charge on any atom is 0.419 e. The monoisotopic (exact) mass is 236 g/mol. The largest absolute Gasteiger partial charge is 0.419 e. The third kappa shape index (κ3) is 2.21. The SMILES string of the molecule is Cn1c(=O)oc2cc(CNC(=O)CO)ccc21. The fourth-order valence-electron chi connectivity index (χ4n) is 1.54. The molecule has 0 bridgehead atoms. The molecular formula is C11H12N2O4. The van der Waals surface area contributed by atoms with Crippen molar-refractivity contribution >= 4 is 17.0 Å². The average Bonchev–Trinajstić information content (AvgIpc) is 2.62. The van der Waals surface area contributed by atoms with Crippen molar-refractivity contribution in [1.82, 2.24) is 9.88 Å². The lowest BCUT2D eigenvalue weighted by Crippen LogP contribution is -2.25. The molecule has 6 heteroatoms. The number of aromatic nitrogens is 1. The van der Waals surface area contributed by atoms with Gasteiger partial charge in [-0.25, -0.2) is 4.79 Å². The van der Waals surface area contributed by atoms with Crippen LogP contribution in [0.4, 0.5) is 0 Å². The van der Waals surface area contributed by atoms with Crippen LogP contribution in [0.3, 0.4) is 0 Å². The number of rotatable bonds is 3. The molecule has 0 saturated carbocycles. The molecular weight excluding hydrogens is 224 g/mol. The van der Waals surface area contributed by atoms with Gasteiger partial charge in [-0.2, -0.15) is 0 Å². The number of aliphatic hydroxyl groups is 1. The van der Waals surface area contributed by atoms with Gasteiger partial charge in [0.2, 0.25) is 5.91 Å². The molecule has 6 nitrogen and oxygen atoms in total. The fourth-order valence-corrected chi connectivity index (χ4v) is 1.54. The summed E-state index contributed by atoms with van der Waals surface area (Å²) in [5.74, 6) is -0.865. The second-order valence-electron chi connectivity index (χ2n) is 3.66. The highest BCUT2D eigenvalue weighted by molar-refractivity contribution is 5.77. The van der Waals surface area contributed by atoms with Crippen LogP contribution in [0.25, 0.3) is 11.1 Å². The Bertz CT molecular complexity index is 611. The van der Waals surface area contributed by atoms with Gasteiger partial charge in [-0.05, 0) is 17.7 Å². The Morgan fingerprint density at radius 2 is 2.29 bits per heavy atom. The fraction of sp³-hybridized carbons (Fsp3) is 0.273. The standard InChI is InChI=1S/C11H12N2O4/c1-13-8-3-2-7(5-12-10(15)6-14)4-9(8)17-11(13)16/h2-4,14H,5-6H2,1H3,(H,12,15). The van der Waals surface area contributed by atoms with Gasteiger partial charge < -0.3 is 14.8 Å². The van der Waals surface area contributed by atoms with Gasteiger partial charge in [0, 0.05) is 13.6 Å². The Labute approximate surface area is 96.5 Å². The first-order valence-electron chi connectivity index (χ1n) is 5.08. The van der Waals surface area contributed by atoms with Crippen molar-refractivity contribution < 1.29 is 14.3 Å². The minimum absolute atomic E-state index is 0.286. The molecule has 1 aromatic carbocycles. The number of benzene rings is 1. The lowest BCUT2D eigenvalue weighted by atomic mass is 10.2. The van der Waals surface area contributed by atoms with Gasteiger partial charge in [-0.15, -0.1) is 0 Å². The molecule has 1 aromatic heterocycles. The van der Waals surface area contributed by atoms with Gasteiger partial charge in [-0.1, -0.05) is 6.07 Å². The number of carbonyl (C=O) groups excluding carboxylic acids is 1. The Kier molecular flexibility index (Phi) is 2.97. The normalized spacial score (nSPS) is 10.7. The van der Waals surface area contributed by atoms with Crippen LogP contribution in [0.1, 0.15) is 5.56 Å². The zero-order chi connectivity index (χ0) is 12.4. The van der Waals surface area contributed by atoms with Gasteiger partial charge in [0.25, 0.3) is 0 Å². The minimum atomic E-state index is -0.539. The van der Waals surface area contributed by atoms with E-state index >= 15 is 0 Å². The number of aliphatic hydroxyl groups excluding tert-OH is 1. The van der Waals surface area contributed by atoms with Crippen LogP contribution in [0, 0.1) is 0 Å². The number of hydrogen-bond acceptors (Lipinski definition) is 4. The molecule has 0 radical (unpaired) electrons. The third-order valence-electron chi connectivity index (χ3n) is 2.49. The molecule has 0 saturated heterocycles. The van der Waals surface area contributed by atoms with Crippen LogP contribution in [0.15, 0.2) is 27.4 Å². The van der Waals surface area contributed by atoms with E-state index in [-0.39, 0.29) is 6.54 Å². The second kappa shape index (κ2) is 4.42. The van der Waals surface area contributed by atoms with E-state index in [1.165, 1.54) is 4.57 Å². The highest BCUT2D eigenvalue weighted by atomic mass is 16.4. The molecule has 0 unspecified atom stereocenters. The Morgan fingerprint density at radius 1 is 1.53 bits per heavy atom. The van der Waals surface area contributed by atoms with Gasteiger partial charge in [0.05, 0.1) is 5.52 Å². The van der Waals surface area contributed by atoms with Crippen molar-refractivity contribution in [2.45, 2.75) is 6.54 Å². The van der Waals surface area contributed by atoms with E-state index in [1.807, 2.05) is 0 Å². The summed E-state index contributed by atoms with van der Waals surface area (Å²) in [7, 11) is 1.63. The van der Waals surface area contributed by atoms with Crippen molar-refractivity contribution in [3.05, 3.63) is 34.3 Å². The van der Waals surface area contributed by atoms with Crippen molar-refractivity contribution in [1.29, 1.82) is 0 Å². The van der Waals surface area contributed by atoms with E-state index in [4.69, 9.17) is 9.52 Å². The molecule has 2 rings (SSSR count). The molecule has 2 aromatic rings. The van der Waals surface area contributed by atoms with Gasteiger partial charge >= 0.3 is 5.76 Å². The predicted molar refractivity (Wildman–Crippen MR) is 60.4 cm³/mol. The molecule has 0 aliphatic rings. The lowest BCUT2D eigenvalue weighted by Gasteiger charge is -2.02. The molecule has 0 aliphatic carbocycles. The van der Waals surface area contributed by atoms with Crippen LogP contribution in [0.2, 0.25) is 0 Å². The number of oxazole rings is 1. The van der Waals surface area contributed by atoms with Crippen molar-refractivity contribution in [3.63, 3.8) is 0 Å². The summed E-state index contributed by atoms with van der Waals surface area (Å²) < 4.78 is 6.43. The second-order valence-corrected chi connectivity index (χ2v) is 3.66. The zero-order valence-corrected chi connectivity index (χ0v) is 9.27. The van der Waals surface area contributed by atoms with Crippen molar-refractivity contribution in [2.75, 3.05) is 6.61 Å². The Hall–Kier alpha value is -2.08. The Morgan fingerprint density at radius 3 is 3.00 bits per heavy atom. The number of fused-ring (bicyclic) bond motifs is 1. The van der Waals surface area contributed by atoms with Crippen LogP contribution in [-0.2, 0) is 18.4 Å². The zero-order valence-electron chi connectivity index (χ0n) is 9.27. The van der Waals surface area contributed by atoms with E-state index in [0.717, 1.165) is 5.56 Å².